The lowest BCUT2D eigenvalue weighted by Gasteiger charge is -2.38. The maximum absolute atomic E-state index is 15.3. The topological polar surface area (TPSA) is 104 Å². The molecule has 290 valence electrons. The summed E-state index contributed by atoms with van der Waals surface area (Å²) in [6.45, 7) is -1.30. The Morgan fingerprint density at radius 3 is 2.22 bits per heavy atom. The number of carbonyl (C=O) groups excluding carboxylic acids is 1. The highest BCUT2D eigenvalue weighted by Gasteiger charge is 2.46. The van der Waals surface area contributed by atoms with Gasteiger partial charge in [-0.2, -0.15) is 26.3 Å². The number of nitrogens with zero attached hydrogens (tertiary/aromatic N) is 3. The number of nitrogens with one attached hydrogen (secondary N) is 1. The summed E-state index contributed by atoms with van der Waals surface area (Å²) in [4.78, 5) is 41.7. The van der Waals surface area contributed by atoms with Crippen molar-refractivity contribution < 1.29 is 54.6 Å². The van der Waals surface area contributed by atoms with Gasteiger partial charge in [-0.05, 0) is 46.2 Å². The minimum absolute atomic E-state index is 0.0438. The summed E-state index contributed by atoms with van der Waals surface area (Å²) in [7, 11) is 4.75. The van der Waals surface area contributed by atoms with Crippen LogP contribution in [0, 0.1) is 11.6 Å². The maximum atomic E-state index is 15.3. The van der Waals surface area contributed by atoms with Crippen LogP contribution in [0.4, 0.5) is 46.5 Å². The van der Waals surface area contributed by atoms with Gasteiger partial charge in [0.25, 0.3) is 11.5 Å². The SMILES string of the molecule is CN(C)c1ccc2c(C(F)(F)F)c(-c3cccc4c(C[C@H](NC(=O)c5c(F)cc(N6CCOC[C@@H]6C(F)(F)F)cc5F)C(=O)O)cccc34)c(=O)n(C)c2c1. The molecule has 0 unspecified atom stereocenters. The molecule has 1 aliphatic rings. The number of hydrogen-bond acceptors (Lipinski definition) is 6. The van der Waals surface area contributed by atoms with Gasteiger partial charge in [-0.15, -0.1) is 0 Å². The molecule has 1 amide bonds. The number of aliphatic carboxylic acids is 1. The fraction of sp³-hybridized carbons (Fsp3) is 0.289. The summed E-state index contributed by atoms with van der Waals surface area (Å²) < 4.78 is 122. The predicted octanol–water partition coefficient (Wildman–Crippen LogP) is 6.91. The molecule has 0 bridgehead atoms. The van der Waals surface area contributed by atoms with Crippen LogP contribution in [0.15, 0.2) is 71.5 Å². The molecule has 2 atom stereocenters. The Morgan fingerprint density at radius 1 is 0.945 bits per heavy atom. The summed E-state index contributed by atoms with van der Waals surface area (Å²) in [5, 5.41) is 12.2. The highest BCUT2D eigenvalue weighted by molar-refractivity contribution is 6.02. The summed E-state index contributed by atoms with van der Waals surface area (Å²) >= 11 is 0. The van der Waals surface area contributed by atoms with Crippen molar-refractivity contribution in [2.75, 3.05) is 43.7 Å². The lowest BCUT2D eigenvalue weighted by Crippen LogP contribution is -2.53. The number of carboxylic acid groups (broad SMARTS) is 1. The van der Waals surface area contributed by atoms with Crippen molar-refractivity contribution in [3.8, 4) is 11.1 Å². The molecule has 4 aromatic carbocycles. The quantitative estimate of drug-likeness (QED) is 0.165. The van der Waals surface area contributed by atoms with Crippen molar-refractivity contribution >= 4 is 44.9 Å². The molecule has 2 N–H and O–H groups in total. The molecular formula is C38H32F8N4O5. The van der Waals surface area contributed by atoms with E-state index in [2.05, 4.69) is 0 Å². The number of rotatable bonds is 8. The van der Waals surface area contributed by atoms with Crippen molar-refractivity contribution in [1.82, 2.24) is 9.88 Å². The normalized spacial score (nSPS) is 15.7. The monoisotopic (exact) mass is 776 g/mol. The zero-order valence-electron chi connectivity index (χ0n) is 29.3. The van der Waals surface area contributed by atoms with Crippen LogP contribution < -0.4 is 20.7 Å². The van der Waals surface area contributed by atoms with Gasteiger partial charge in [0.1, 0.15) is 29.3 Å². The number of aromatic nitrogens is 1. The number of anilines is 2. The molecule has 5 aromatic rings. The highest BCUT2D eigenvalue weighted by atomic mass is 19.4. The van der Waals surface area contributed by atoms with Crippen LogP contribution in [-0.2, 0) is 29.2 Å². The lowest BCUT2D eigenvalue weighted by atomic mass is 9.90. The van der Waals surface area contributed by atoms with Crippen LogP contribution >= 0.6 is 0 Å². The number of amides is 1. The molecule has 1 aliphatic heterocycles. The molecule has 6 rings (SSSR count). The van der Waals surface area contributed by atoms with Crippen LogP contribution in [0.2, 0.25) is 0 Å². The lowest BCUT2D eigenvalue weighted by molar-refractivity contribution is -0.167. The zero-order chi connectivity index (χ0) is 40.1. The van der Waals surface area contributed by atoms with Crippen molar-refractivity contribution in [2.24, 2.45) is 7.05 Å². The molecule has 17 heteroatoms. The van der Waals surface area contributed by atoms with Gasteiger partial charge in [-0.25, -0.2) is 13.6 Å². The second-order valence-corrected chi connectivity index (χ2v) is 13.2. The Labute approximate surface area is 307 Å². The van der Waals surface area contributed by atoms with E-state index in [4.69, 9.17) is 4.74 Å². The van der Waals surface area contributed by atoms with Gasteiger partial charge >= 0.3 is 18.3 Å². The van der Waals surface area contributed by atoms with Crippen LogP contribution in [0.3, 0.4) is 0 Å². The van der Waals surface area contributed by atoms with Gasteiger partial charge in [0, 0.05) is 50.9 Å². The minimum atomic E-state index is -4.98. The first kappa shape index (κ1) is 39.0. The van der Waals surface area contributed by atoms with E-state index in [0.717, 1.165) is 4.57 Å². The van der Waals surface area contributed by atoms with E-state index in [1.165, 1.54) is 61.6 Å². The molecule has 9 nitrogen and oxygen atoms in total. The third-order valence-corrected chi connectivity index (χ3v) is 9.58. The molecule has 0 spiro atoms. The molecule has 0 radical (unpaired) electrons. The number of ether oxygens (including phenoxy) is 1. The Kier molecular flexibility index (Phi) is 10.3. The summed E-state index contributed by atoms with van der Waals surface area (Å²) in [6.07, 6.45) is -10.3. The summed E-state index contributed by atoms with van der Waals surface area (Å²) in [5.74, 6) is -6.25. The number of hydrogen-bond donors (Lipinski definition) is 2. The fourth-order valence-corrected chi connectivity index (χ4v) is 6.90. The number of halogens is 8. The fourth-order valence-electron chi connectivity index (χ4n) is 6.90. The molecule has 55 heavy (non-hydrogen) atoms. The molecule has 0 aliphatic carbocycles. The van der Waals surface area contributed by atoms with E-state index in [1.54, 1.807) is 19.0 Å². The second kappa shape index (κ2) is 14.5. The number of alkyl halides is 6. The smallest absolute Gasteiger partial charge is 0.417 e. The van der Waals surface area contributed by atoms with Crippen molar-refractivity contribution in [3.63, 3.8) is 0 Å². The summed E-state index contributed by atoms with van der Waals surface area (Å²) in [5.41, 5.74) is -3.80. The summed E-state index contributed by atoms with van der Waals surface area (Å²) in [6, 6.07) is 9.78. The Morgan fingerprint density at radius 2 is 1.60 bits per heavy atom. The van der Waals surface area contributed by atoms with Gasteiger partial charge in [-0.1, -0.05) is 42.5 Å². The number of carbonyl (C=O) groups is 2. The van der Waals surface area contributed by atoms with Gasteiger partial charge < -0.3 is 29.5 Å². The van der Waals surface area contributed by atoms with E-state index in [-0.39, 0.29) is 46.0 Å². The van der Waals surface area contributed by atoms with Gasteiger partial charge in [0.05, 0.1) is 29.9 Å². The highest BCUT2D eigenvalue weighted by Crippen LogP contribution is 2.43. The van der Waals surface area contributed by atoms with E-state index >= 15 is 8.78 Å². The number of pyridine rings is 1. The van der Waals surface area contributed by atoms with E-state index in [9.17, 15) is 45.8 Å². The van der Waals surface area contributed by atoms with Crippen LogP contribution in [0.25, 0.3) is 32.8 Å². The Bertz CT molecular complexity index is 2370. The third-order valence-electron chi connectivity index (χ3n) is 9.58. The molecule has 1 saturated heterocycles. The van der Waals surface area contributed by atoms with Crippen LogP contribution in [0.5, 0.6) is 0 Å². The van der Waals surface area contributed by atoms with Crippen LogP contribution in [0.1, 0.15) is 21.5 Å². The van der Waals surface area contributed by atoms with Crippen molar-refractivity contribution in [3.05, 3.63) is 105 Å². The first-order valence-electron chi connectivity index (χ1n) is 16.7. The van der Waals surface area contributed by atoms with Crippen molar-refractivity contribution in [2.45, 2.75) is 30.9 Å². The van der Waals surface area contributed by atoms with E-state index < -0.39 is 88.9 Å². The zero-order valence-corrected chi connectivity index (χ0v) is 29.3. The van der Waals surface area contributed by atoms with Gasteiger partial charge in [-0.3, -0.25) is 9.59 Å². The average Bonchev–Trinajstić information content (AvgIpc) is 3.11. The van der Waals surface area contributed by atoms with Gasteiger partial charge in [0.15, 0.2) is 0 Å². The largest absolute Gasteiger partial charge is 0.480 e. The number of morpholine rings is 1. The maximum Gasteiger partial charge on any atom is 0.417 e. The number of carboxylic acids is 1. The Hall–Kier alpha value is -5.71. The predicted molar refractivity (Wildman–Crippen MR) is 188 cm³/mol. The first-order valence-corrected chi connectivity index (χ1v) is 16.7. The molecule has 1 aromatic heterocycles. The number of benzene rings is 4. The average molecular weight is 777 g/mol. The number of fused-ring (bicyclic) bond motifs is 2. The molecule has 2 heterocycles. The van der Waals surface area contributed by atoms with Crippen molar-refractivity contribution in [1.29, 1.82) is 0 Å². The van der Waals surface area contributed by atoms with E-state index in [1.807, 2.05) is 5.32 Å². The third kappa shape index (κ3) is 7.39. The molecule has 1 fully saturated rings. The molecular weight excluding hydrogens is 744 g/mol. The Balaban J connectivity index is 1.37. The van der Waals surface area contributed by atoms with Crippen LogP contribution in [-0.4, -0.2) is 73.7 Å². The van der Waals surface area contributed by atoms with Gasteiger partial charge in [0.2, 0.25) is 0 Å². The number of aryl methyl sites for hydroxylation is 1. The standard InChI is InChI=1S/C38H32F8N4O5/c1-48(2)20-10-11-25-29(17-20)49(3)35(52)31(33(25)38(44,45)46)24-9-5-7-22-19(6-4-8-23(22)24)14-28(36(53)54)47-34(51)32-26(39)15-21(16-27(32)40)50-12-13-55-18-30(50)37(41,42)43/h4-11,15-17,28,30H,12-14,18H2,1-3H3,(H,47,51)(H,53,54)/t28-,30+/m0/s1. The van der Waals surface area contributed by atoms with E-state index in [0.29, 0.717) is 22.7 Å². The first-order chi connectivity index (χ1) is 25.8. The second-order valence-electron chi connectivity index (χ2n) is 13.2. The molecule has 0 saturated carbocycles. The minimum Gasteiger partial charge on any atom is -0.480 e.